The molecule has 106 valence electrons. The highest BCUT2D eigenvalue weighted by Gasteiger charge is 2.35. The van der Waals surface area contributed by atoms with Crippen molar-refractivity contribution in [3.05, 3.63) is 0 Å². The van der Waals surface area contributed by atoms with Crippen molar-refractivity contribution in [2.75, 3.05) is 7.05 Å². The molecule has 2 atom stereocenters. The van der Waals surface area contributed by atoms with Gasteiger partial charge in [-0.25, -0.2) is 9.59 Å². The van der Waals surface area contributed by atoms with E-state index in [1.54, 1.807) is 0 Å². The van der Waals surface area contributed by atoms with E-state index >= 15 is 0 Å². The summed E-state index contributed by atoms with van der Waals surface area (Å²) < 4.78 is 0. The zero-order chi connectivity index (χ0) is 14.5. The lowest BCUT2D eigenvalue weighted by molar-refractivity contribution is -0.146. The number of carbonyl (C=O) groups is 2. The van der Waals surface area contributed by atoms with Gasteiger partial charge in [-0.05, 0) is 33.1 Å². The number of amides is 2. The molecular weight excluding hydrogens is 232 g/mol. The van der Waals surface area contributed by atoms with Gasteiger partial charge >= 0.3 is 12.0 Å². The molecule has 0 aliphatic heterocycles. The van der Waals surface area contributed by atoms with E-state index in [0.29, 0.717) is 5.92 Å². The fourth-order valence-corrected chi connectivity index (χ4v) is 1.53. The number of rotatable bonds is 6. The number of nitrogens with one attached hydrogen (secondary N) is 1. The van der Waals surface area contributed by atoms with Crippen LogP contribution in [0.1, 0.15) is 47.5 Å². The summed E-state index contributed by atoms with van der Waals surface area (Å²) in [5.74, 6) is -0.479. The molecule has 5 nitrogen and oxygen atoms in total. The summed E-state index contributed by atoms with van der Waals surface area (Å²) >= 11 is 0. The van der Waals surface area contributed by atoms with Crippen LogP contribution < -0.4 is 5.32 Å². The standard InChI is InChI=1S/C13H26N2O3/c1-7-9(2)8-10(3)14-12(18)15(6)13(4,5)11(16)17/h9-10H,7-8H2,1-6H3,(H,14,18)(H,16,17). The van der Waals surface area contributed by atoms with E-state index in [1.807, 2.05) is 6.92 Å². The van der Waals surface area contributed by atoms with Gasteiger partial charge in [0, 0.05) is 13.1 Å². The SMILES string of the molecule is CCC(C)CC(C)NC(=O)N(C)C(C)(C)C(=O)O. The molecule has 0 bridgehead atoms. The minimum atomic E-state index is -1.21. The summed E-state index contributed by atoms with van der Waals surface area (Å²) in [6.07, 6.45) is 1.96. The summed E-state index contributed by atoms with van der Waals surface area (Å²) in [6, 6.07) is -0.308. The number of carbonyl (C=O) groups excluding carboxylic acids is 1. The molecule has 0 aromatic heterocycles. The van der Waals surface area contributed by atoms with Crippen molar-refractivity contribution in [3.63, 3.8) is 0 Å². The van der Waals surface area contributed by atoms with Gasteiger partial charge in [0.05, 0.1) is 0 Å². The second-order valence-electron chi connectivity index (χ2n) is 5.52. The summed E-state index contributed by atoms with van der Waals surface area (Å²) in [6.45, 7) is 9.20. The molecule has 18 heavy (non-hydrogen) atoms. The Bertz CT molecular complexity index is 303. The molecule has 0 fully saturated rings. The molecule has 5 heteroatoms. The van der Waals surface area contributed by atoms with Crippen molar-refractivity contribution in [1.29, 1.82) is 0 Å². The number of carboxylic acid groups (broad SMARTS) is 1. The Labute approximate surface area is 110 Å². The van der Waals surface area contributed by atoms with Gasteiger partial charge in [0.15, 0.2) is 0 Å². The molecule has 0 aromatic rings. The lowest BCUT2D eigenvalue weighted by atomic mass is 10.0. The van der Waals surface area contributed by atoms with Crippen molar-refractivity contribution >= 4 is 12.0 Å². The highest BCUT2D eigenvalue weighted by atomic mass is 16.4. The number of likely N-dealkylation sites (N-methyl/N-ethyl adjacent to an activating group) is 1. The van der Waals surface area contributed by atoms with E-state index in [0.717, 1.165) is 12.8 Å². The lowest BCUT2D eigenvalue weighted by Crippen LogP contribution is -2.55. The zero-order valence-corrected chi connectivity index (χ0v) is 12.3. The summed E-state index contributed by atoms with van der Waals surface area (Å²) in [4.78, 5) is 24.2. The van der Waals surface area contributed by atoms with Crippen LogP contribution in [0.4, 0.5) is 4.79 Å². The summed E-state index contributed by atoms with van der Waals surface area (Å²) in [5.41, 5.74) is -1.21. The molecule has 0 heterocycles. The number of urea groups is 1. The highest BCUT2D eigenvalue weighted by Crippen LogP contribution is 2.14. The minimum absolute atomic E-state index is 0.0412. The molecule has 0 aliphatic carbocycles. The van der Waals surface area contributed by atoms with Crippen molar-refractivity contribution in [2.24, 2.45) is 5.92 Å². The molecular formula is C13H26N2O3. The Hall–Kier alpha value is -1.26. The van der Waals surface area contributed by atoms with Gasteiger partial charge in [-0.1, -0.05) is 20.3 Å². The third kappa shape index (κ3) is 4.55. The van der Waals surface area contributed by atoms with Gasteiger partial charge in [0.2, 0.25) is 0 Å². The molecule has 0 saturated carbocycles. The van der Waals surface area contributed by atoms with Crippen molar-refractivity contribution < 1.29 is 14.7 Å². The largest absolute Gasteiger partial charge is 0.480 e. The van der Waals surface area contributed by atoms with E-state index < -0.39 is 11.5 Å². The highest BCUT2D eigenvalue weighted by molar-refractivity contribution is 5.85. The Morgan fingerprint density at radius 2 is 1.83 bits per heavy atom. The predicted octanol–water partition coefficient (Wildman–Crippen LogP) is 2.32. The van der Waals surface area contributed by atoms with Crippen LogP contribution in [-0.4, -0.2) is 40.6 Å². The first kappa shape index (κ1) is 16.7. The Morgan fingerprint density at radius 3 is 2.22 bits per heavy atom. The Morgan fingerprint density at radius 1 is 1.33 bits per heavy atom. The van der Waals surface area contributed by atoms with Crippen LogP contribution in [0.2, 0.25) is 0 Å². The maximum atomic E-state index is 11.9. The van der Waals surface area contributed by atoms with Gasteiger partial charge in [0.1, 0.15) is 5.54 Å². The molecule has 2 amide bonds. The van der Waals surface area contributed by atoms with E-state index in [1.165, 1.54) is 25.8 Å². The molecule has 0 spiro atoms. The van der Waals surface area contributed by atoms with Gasteiger partial charge < -0.3 is 15.3 Å². The lowest BCUT2D eigenvalue weighted by Gasteiger charge is -2.32. The van der Waals surface area contributed by atoms with Crippen LogP contribution in [0.3, 0.4) is 0 Å². The topological polar surface area (TPSA) is 69.6 Å². The average molecular weight is 258 g/mol. The molecule has 0 aromatic carbocycles. The predicted molar refractivity (Wildman–Crippen MR) is 71.5 cm³/mol. The molecule has 0 radical (unpaired) electrons. The van der Waals surface area contributed by atoms with Crippen LogP contribution in [0, 0.1) is 5.92 Å². The summed E-state index contributed by atoms with van der Waals surface area (Å²) in [7, 11) is 1.50. The minimum Gasteiger partial charge on any atom is -0.480 e. The second kappa shape index (κ2) is 6.61. The number of carboxylic acids is 1. The van der Waals surface area contributed by atoms with Crippen LogP contribution in [0.15, 0.2) is 0 Å². The van der Waals surface area contributed by atoms with Crippen LogP contribution >= 0.6 is 0 Å². The maximum absolute atomic E-state index is 11.9. The Kier molecular flexibility index (Phi) is 6.15. The van der Waals surface area contributed by atoms with Crippen LogP contribution in [-0.2, 0) is 4.79 Å². The first-order valence-electron chi connectivity index (χ1n) is 6.40. The van der Waals surface area contributed by atoms with Crippen molar-refractivity contribution in [1.82, 2.24) is 10.2 Å². The second-order valence-corrected chi connectivity index (χ2v) is 5.52. The molecule has 0 aliphatic rings. The number of hydrogen-bond acceptors (Lipinski definition) is 2. The molecule has 0 rings (SSSR count). The number of aliphatic carboxylic acids is 1. The first-order chi connectivity index (χ1) is 8.12. The normalized spacial score (nSPS) is 14.8. The van der Waals surface area contributed by atoms with E-state index in [4.69, 9.17) is 5.11 Å². The van der Waals surface area contributed by atoms with E-state index in [2.05, 4.69) is 19.2 Å². The van der Waals surface area contributed by atoms with Gasteiger partial charge in [0.25, 0.3) is 0 Å². The van der Waals surface area contributed by atoms with Gasteiger partial charge in [-0.15, -0.1) is 0 Å². The fourth-order valence-electron chi connectivity index (χ4n) is 1.53. The third-order valence-electron chi connectivity index (χ3n) is 3.49. The smallest absolute Gasteiger partial charge is 0.329 e. The van der Waals surface area contributed by atoms with Crippen molar-refractivity contribution in [2.45, 2.75) is 59.0 Å². The molecule has 0 saturated heterocycles. The number of hydrogen-bond donors (Lipinski definition) is 2. The monoisotopic (exact) mass is 258 g/mol. The van der Waals surface area contributed by atoms with Crippen LogP contribution in [0.25, 0.3) is 0 Å². The fraction of sp³-hybridized carbons (Fsp3) is 0.846. The van der Waals surface area contributed by atoms with E-state index in [9.17, 15) is 9.59 Å². The first-order valence-corrected chi connectivity index (χ1v) is 6.40. The van der Waals surface area contributed by atoms with Gasteiger partial charge in [-0.2, -0.15) is 0 Å². The quantitative estimate of drug-likeness (QED) is 0.768. The van der Waals surface area contributed by atoms with Gasteiger partial charge in [-0.3, -0.25) is 0 Å². The van der Waals surface area contributed by atoms with Crippen LogP contribution in [0.5, 0.6) is 0 Å². The average Bonchev–Trinajstić information content (AvgIpc) is 2.26. The van der Waals surface area contributed by atoms with E-state index in [-0.39, 0.29) is 12.1 Å². The Balaban J connectivity index is 4.45. The third-order valence-corrected chi connectivity index (χ3v) is 3.49. The zero-order valence-electron chi connectivity index (χ0n) is 12.3. The molecule has 2 unspecified atom stereocenters. The van der Waals surface area contributed by atoms with Crippen molar-refractivity contribution in [3.8, 4) is 0 Å². The molecule has 2 N–H and O–H groups in total. The number of nitrogens with zero attached hydrogens (tertiary/aromatic N) is 1. The summed E-state index contributed by atoms with van der Waals surface area (Å²) in [5, 5.41) is 11.9. The maximum Gasteiger partial charge on any atom is 0.329 e.